The summed E-state index contributed by atoms with van der Waals surface area (Å²) < 4.78 is 12.8. The summed E-state index contributed by atoms with van der Waals surface area (Å²) in [7, 11) is 0. The van der Waals surface area contributed by atoms with E-state index in [-0.39, 0.29) is 11.7 Å². The van der Waals surface area contributed by atoms with Crippen molar-refractivity contribution >= 4 is 5.97 Å². The van der Waals surface area contributed by atoms with Gasteiger partial charge in [0.1, 0.15) is 5.82 Å². The molecule has 2 nitrogen and oxygen atoms in total. The molecule has 1 aromatic rings. The fourth-order valence-electron chi connectivity index (χ4n) is 1.29. The zero-order chi connectivity index (χ0) is 10.7. The predicted octanol–water partition coefficient (Wildman–Crippen LogP) is 2.65. The molecule has 0 amide bonds. The zero-order valence-corrected chi connectivity index (χ0v) is 8.20. The predicted molar refractivity (Wildman–Crippen MR) is 51.6 cm³/mol. The van der Waals surface area contributed by atoms with Crippen LogP contribution in [0.15, 0.2) is 24.3 Å². The largest absolute Gasteiger partial charge is 0.481 e. The number of halogens is 1. The number of hydrogen-bond acceptors (Lipinski definition) is 1. The Bertz CT molecular complexity index is 336. The number of carboxylic acids is 1. The van der Waals surface area contributed by atoms with Crippen molar-refractivity contribution < 1.29 is 14.3 Å². The lowest BCUT2D eigenvalue weighted by molar-refractivity contribution is -0.141. The quantitative estimate of drug-likeness (QED) is 0.806. The van der Waals surface area contributed by atoms with Gasteiger partial charge >= 0.3 is 5.97 Å². The molecule has 2 atom stereocenters. The molecule has 3 heteroatoms. The second-order valence-corrected chi connectivity index (χ2v) is 3.47. The lowest BCUT2D eigenvalue weighted by atomic mass is 9.89. The molecule has 76 valence electrons. The standard InChI is InChI=1S/C11H13FO2/c1-7(8(2)11(13)14)9-4-3-5-10(12)6-9/h3-8H,1-2H3,(H,13,14). The maximum atomic E-state index is 12.8. The highest BCUT2D eigenvalue weighted by Gasteiger charge is 2.20. The van der Waals surface area contributed by atoms with Crippen LogP contribution in [0.2, 0.25) is 0 Å². The van der Waals surface area contributed by atoms with Crippen LogP contribution in [0, 0.1) is 11.7 Å². The summed E-state index contributed by atoms with van der Waals surface area (Å²) >= 11 is 0. The number of benzene rings is 1. The molecule has 2 unspecified atom stereocenters. The van der Waals surface area contributed by atoms with Crippen LogP contribution in [0.25, 0.3) is 0 Å². The minimum absolute atomic E-state index is 0.178. The fraction of sp³-hybridized carbons (Fsp3) is 0.364. The third kappa shape index (κ3) is 2.31. The van der Waals surface area contributed by atoms with Gasteiger partial charge in [0.25, 0.3) is 0 Å². The van der Waals surface area contributed by atoms with E-state index >= 15 is 0 Å². The topological polar surface area (TPSA) is 37.3 Å². The van der Waals surface area contributed by atoms with Crippen LogP contribution in [-0.4, -0.2) is 11.1 Å². The lowest BCUT2D eigenvalue weighted by Gasteiger charge is -2.16. The number of hydrogen-bond donors (Lipinski definition) is 1. The third-order valence-electron chi connectivity index (χ3n) is 2.51. The molecule has 0 aliphatic carbocycles. The summed E-state index contributed by atoms with van der Waals surface area (Å²) in [5, 5.41) is 8.79. The maximum absolute atomic E-state index is 12.8. The van der Waals surface area contributed by atoms with Gasteiger partial charge in [-0.2, -0.15) is 0 Å². The molecule has 1 rings (SSSR count). The molecule has 0 spiro atoms. The van der Waals surface area contributed by atoms with E-state index < -0.39 is 11.9 Å². The third-order valence-corrected chi connectivity index (χ3v) is 2.51. The average molecular weight is 196 g/mol. The van der Waals surface area contributed by atoms with Gasteiger partial charge in [-0.1, -0.05) is 26.0 Å². The Hall–Kier alpha value is -1.38. The lowest BCUT2D eigenvalue weighted by Crippen LogP contribution is -2.16. The van der Waals surface area contributed by atoms with E-state index in [1.54, 1.807) is 26.0 Å². The Morgan fingerprint density at radius 3 is 2.57 bits per heavy atom. The second kappa shape index (κ2) is 4.22. The second-order valence-electron chi connectivity index (χ2n) is 3.47. The van der Waals surface area contributed by atoms with Crippen LogP contribution in [0.5, 0.6) is 0 Å². The molecular weight excluding hydrogens is 183 g/mol. The Labute approximate surface area is 82.4 Å². The van der Waals surface area contributed by atoms with Gasteiger partial charge in [0, 0.05) is 0 Å². The van der Waals surface area contributed by atoms with Gasteiger partial charge < -0.3 is 5.11 Å². The number of aliphatic carboxylic acids is 1. The molecule has 0 heterocycles. The number of carbonyl (C=O) groups is 1. The molecule has 0 aliphatic rings. The van der Waals surface area contributed by atoms with Gasteiger partial charge in [0.2, 0.25) is 0 Å². The van der Waals surface area contributed by atoms with Crippen molar-refractivity contribution in [3.8, 4) is 0 Å². The first-order valence-corrected chi connectivity index (χ1v) is 4.50. The van der Waals surface area contributed by atoms with Crippen molar-refractivity contribution in [3.63, 3.8) is 0 Å². The minimum Gasteiger partial charge on any atom is -0.481 e. The minimum atomic E-state index is -0.859. The van der Waals surface area contributed by atoms with E-state index in [2.05, 4.69) is 0 Å². The van der Waals surface area contributed by atoms with Crippen LogP contribution in [0.3, 0.4) is 0 Å². The molecule has 14 heavy (non-hydrogen) atoms. The van der Waals surface area contributed by atoms with Crippen LogP contribution in [-0.2, 0) is 4.79 Å². The zero-order valence-electron chi connectivity index (χ0n) is 8.20. The molecule has 0 aliphatic heterocycles. The molecule has 0 fully saturated rings. The number of carboxylic acid groups (broad SMARTS) is 1. The Balaban J connectivity index is 2.89. The van der Waals surface area contributed by atoms with Crippen molar-refractivity contribution in [3.05, 3.63) is 35.6 Å². The summed E-state index contributed by atoms with van der Waals surface area (Å²) in [4.78, 5) is 10.7. The highest BCUT2D eigenvalue weighted by atomic mass is 19.1. The van der Waals surface area contributed by atoms with Crippen LogP contribution in [0.1, 0.15) is 25.3 Å². The van der Waals surface area contributed by atoms with Gasteiger partial charge in [-0.25, -0.2) is 4.39 Å². The van der Waals surface area contributed by atoms with Gasteiger partial charge in [0.15, 0.2) is 0 Å². The monoisotopic (exact) mass is 196 g/mol. The average Bonchev–Trinajstić information content (AvgIpc) is 2.15. The molecule has 0 saturated heterocycles. The number of rotatable bonds is 3. The van der Waals surface area contributed by atoms with Gasteiger partial charge in [-0.05, 0) is 23.6 Å². The van der Waals surface area contributed by atoms with E-state index in [0.29, 0.717) is 0 Å². The summed E-state index contributed by atoms with van der Waals surface area (Å²) in [6.07, 6.45) is 0. The smallest absolute Gasteiger partial charge is 0.306 e. The van der Waals surface area contributed by atoms with Crippen molar-refractivity contribution in [2.24, 2.45) is 5.92 Å². The molecule has 0 aromatic heterocycles. The van der Waals surface area contributed by atoms with Crippen molar-refractivity contribution in [2.45, 2.75) is 19.8 Å². The van der Waals surface area contributed by atoms with Crippen molar-refractivity contribution in [1.29, 1.82) is 0 Å². The Morgan fingerprint density at radius 1 is 1.43 bits per heavy atom. The van der Waals surface area contributed by atoms with Crippen LogP contribution >= 0.6 is 0 Å². The van der Waals surface area contributed by atoms with Gasteiger partial charge in [-0.15, -0.1) is 0 Å². The first kappa shape index (κ1) is 10.7. The summed E-state index contributed by atoms with van der Waals surface area (Å²) in [6, 6.07) is 6.06. The highest BCUT2D eigenvalue weighted by molar-refractivity contribution is 5.70. The van der Waals surface area contributed by atoms with Crippen LogP contribution < -0.4 is 0 Å². The molecule has 0 bridgehead atoms. The van der Waals surface area contributed by atoms with E-state index in [4.69, 9.17) is 5.11 Å². The van der Waals surface area contributed by atoms with E-state index in [0.717, 1.165) is 5.56 Å². The van der Waals surface area contributed by atoms with Gasteiger partial charge in [-0.3, -0.25) is 4.79 Å². The molecule has 1 aromatic carbocycles. The van der Waals surface area contributed by atoms with Gasteiger partial charge in [0.05, 0.1) is 5.92 Å². The first-order valence-electron chi connectivity index (χ1n) is 4.50. The van der Waals surface area contributed by atoms with Crippen LogP contribution in [0.4, 0.5) is 4.39 Å². The van der Waals surface area contributed by atoms with E-state index in [1.807, 2.05) is 0 Å². The van der Waals surface area contributed by atoms with Crippen molar-refractivity contribution in [1.82, 2.24) is 0 Å². The summed E-state index contributed by atoms with van der Waals surface area (Å²) in [5.41, 5.74) is 0.722. The molecule has 1 N–H and O–H groups in total. The Morgan fingerprint density at radius 2 is 2.07 bits per heavy atom. The highest BCUT2D eigenvalue weighted by Crippen LogP contribution is 2.24. The normalized spacial score (nSPS) is 14.8. The van der Waals surface area contributed by atoms with Crippen molar-refractivity contribution in [2.75, 3.05) is 0 Å². The maximum Gasteiger partial charge on any atom is 0.306 e. The summed E-state index contributed by atoms with van der Waals surface area (Å²) in [5.74, 6) is -1.87. The van der Waals surface area contributed by atoms with E-state index in [1.165, 1.54) is 12.1 Å². The Kier molecular flexibility index (Phi) is 3.23. The molecular formula is C11H13FO2. The molecule has 0 radical (unpaired) electrons. The summed E-state index contributed by atoms with van der Waals surface area (Å²) in [6.45, 7) is 3.41. The first-order chi connectivity index (χ1) is 6.52. The fourth-order valence-corrected chi connectivity index (χ4v) is 1.29. The van der Waals surface area contributed by atoms with E-state index in [9.17, 15) is 9.18 Å². The molecule has 0 saturated carbocycles. The SMILES string of the molecule is CC(C(=O)O)C(C)c1cccc(F)c1.